The van der Waals surface area contributed by atoms with Crippen LogP contribution in [0.3, 0.4) is 0 Å². The second-order valence-electron chi connectivity index (χ2n) is 1.48. The van der Waals surface area contributed by atoms with Gasteiger partial charge in [0, 0.05) is 0 Å². The zero-order valence-corrected chi connectivity index (χ0v) is 8.27. The molecule has 0 unspecified atom stereocenters. The van der Waals surface area contributed by atoms with Gasteiger partial charge in [-0.2, -0.15) is 11.1 Å². The van der Waals surface area contributed by atoms with E-state index in [0.717, 1.165) is 23.5 Å². The molecule has 0 spiro atoms. The minimum atomic E-state index is -0.249. The number of nitrogens with one attached hydrogen (secondary N) is 4. The Bertz CT molecular complexity index is 147. The fourth-order valence-corrected chi connectivity index (χ4v) is 0.573. The highest BCUT2D eigenvalue weighted by atomic mass is 32.2. The Hall–Kier alpha value is -0.440. The van der Waals surface area contributed by atoms with Crippen molar-refractivity contribution in [1.82, 2.24) is 21.9 Å². The van der Waals surface area contributed by atoms with Gasteiger partial charge in [-0.25, -0.2) is 0 Å². The van der Waals surface area contributed by atoms with Gasteiger partial charge in [-0.15, -0.1) is 0 Å². The first-order chi connectivity index (χ1) is 5.70. The SMILES string of the molecule is CSC(=O)NNNNC(=O)SC. The minimum Gasteiger partial charge on any atom is -0.267 e. The lowest BCUT2D eigenvalue weighted by Crippen LogP contribution is -2.52. The molecule has 6 nitrogen and oxygen atoms in total. The number of hydrazine groups is 3. The summed E-state index contributed by atoms with van der Waals surface area (Å²) in [6.45, 7) is 0. The summed E-state index contributed by atoms with van der Waals surface area (Å²) in [5.41, 5.74) is 9.07. The van der Waals surface area contributed by atoms with Crippen molar-refractivity contribution in [2.45, 2.75) is 0 Å². The molecule has 2 amide bonds. The van der Waals surface area contributed by atoms with Crippen molar-refractivity contribution in [1.29, 1.82) is 0 Å². The van der Waals surface area contributed by atoms with Gasteiger partial charge >= 0.3 is 0 Å². The van der Waals surface area contributed by atoms with Gasteiger partial charge in [0.2, 0.25) is 0 Å². The predicted molar refractivity (Wildman–Crippen MR) is 50.4 cm³/mol. The van der Waals surface area contributed by atoms with Crippen LogP contribution in [0.2, 0.25) is 0 Å². The van der Waals surface area contributed by atoms with Gasteiger partial charge in [0.05, 0.1) is 0 Å². The summed E-state index contributed by atoms with van der Waals surface area (Å²) >= 11 is 2.04. The average Bonchev–Trinajstić information content (AvgIpc) is 2.11. The maximum Gasteiger partial charge on any atom is 0.294 e. The largest absolute Gasteiger partial charge is 0.294 e. The van der Waals surface area contributed by atoms with E-state index in [2.05, 4.69) is 21.9 Å². The van der Waals surface area contributed by atoms with Gasteiger partial charge in [0.1, 0.15) is 0 Å². The maximum absolute atomic E-state index is 10.6. The number of hydrogen-bond acceptors (Lipinski definition) is 6. The van der Waals surface area contributed by atoms with Crippen LogP contribution in [-0.4, -0.2) is 23.0 Å². The van der Waals surface area contributed by atoms with E-state index in [1.165, 1.54) is 0 Å². The van der Waals surface area contributed by atoms with Crippen molar-refractivity contribution >= 4 is 34.0 Å². The highest BCUT2D eigenvalue weighted by molar-refractivity contribution is 8.13. The summed E-state index contributed by atoms with van der Waals surface area (Å²) in [6, 6.07) is 0. The molecule has 0 fully saturated rings. The normalized spacial score (nSPS) is 9.17. The quantitative estimate of drug-likeness (QED) is 0.389. The van der Waals surface area contributed by atoms with Crippen molar-refractivity contribution in [3.8, 4) is 0 Å². The van der Waals surface area contributed by atoms with E-state index < -0.39 is 0 Å². The van der Waals surface area contributed by atoms with Gasteiger partial charge in [-0.3, -0.25) is 20.4 Å². The fraction of sp³-hybridized carbons (Fsp3) is 0.500. The van der Waals surface area contributed by atoms with Crippen LogP contribution in [0.4, 0.5) is 9.59 Å². The lowest BCUT2D eigenvalue weighted by atomic mass is 11.4. The molecule has 12 heavy (non-hydrogen) atoms. The van der Waals surface area contributed by atoms with E-state index in [-0.39, 0.29) is 10.5 Å². The molecule has 0 radical (unpaired) electrons. The molecule has 0 bridgehead atoms. The van der Waals surface area contributed by atoms with Gasteiger partial charge in [0.25, 0.3) is 10.5 Å². The summed E-state index contributed by atoms with van der Waals surface area (Å²) in [7, 11) is 0. The van der Waals surface area contributed by atoms with E-state index >= 15 is 0 Å². The number of hydrogen-bond donors (Lipinski definition) is 4. The third kappa shape index (κ3) is 6.28. The first kappa shape index (κ1) is 11.6. The molecule has 70 valence electrons. The van der Waals surface area contributed by atoms with Crippen LogP contribution in [0, 0.1) is 0 Å². The molecular formula is C4H10N4O2S2. The standard InChI is InChI=1S/C4H10N4O2S2/c1-11-3(9)5-7-8-6-4(10)12-2/h7-8H,1-2H3,(H,5,9)(H,6,10). The molecule has 0 heterocycles. The van der Waals surface area contributed by atoms with Crippen LogP contribution < -0.4 is 21.9 Å². The van der Waals surface area contributed by atoms with Crippen LogP contribution in [-0.2, 0) is 0 Å². The average molecular weight is 210 g/mol. The molecule has 0 aliphatic carbocycles. The summed E-state index contributed by atoms with van der Waals surface area (Å²) < 4.78 is 0. The maximum atomic E-state index is 10.6. The summed E-state index contributed by atoms with van der Waals surface area (Å²) in [4.78, 5) is 21.1. The van der Waals surface area contributed by atoms with Crippen LogP contribution in [0.1, 0.15) is 0 Å². The first-order valence-electron chi connectivity index (χ1n) is 2.88. The molecule has 0 aromatic heterocycles. The van der Waals surface area contributed by atoms with Crippen LogP contribution >= 0.6 is 23.5 Å². The van der Waals surface area contributed by atoms with Crippen molar-refractivity contribution < 1.29 is 9.59 Å². The molecule has 0 atom stereocenters. The Morgan fingerprint density at radius 2 is 1.25 bits per heavy atom. The van der Waals surface area contributed by atoms with Crippen molar-refractivity contribution in [2.24, 2.45) is 0 Å². The molecule has 0 rings (SSSR count). The van der Waals surface area contributed by atoms with Crippen LogP contribution in [0.5, 0.6) is 0 Å². The zero-order valence-electron chi connectivity index (χ0n) is 6.63. The Morgan fingerprint density at radius 1 is 0.917 bits per heavy atom. The lowest BCUT2D eigenvalue weighted by molar-refractivity contribution is 0.244. The van der Waals surface area contributed by atoms with E-state index in [1.807, 2.05) is 0 Å². The number of rotatable bonds is 3. The summed E-state index contributed by atoms with van der Waals surface area (Å²) in [6.07, 6.45) is 3.27. The Balaban J connectivity index is 3.21. The van der Waals surface area contributed by atoms with E-state index in [9.17, 15) is 9.59 Å². The molecule has 0 aromatic carbocycles. The molecule has 0 aliphatic rings. The fourth-order valence-electron chi connectivity index (χ4n) is 0.267. The first-order valence-corrected chi connectivity index (χ1v) is 5.33. The van der Waals surface area contributed by atoms with Gasteiger partial charge in [-0.1, -0.05) is 23.5 Å². The smallest absolute Gasteiger partial charge is 0.267 e. The molecule has 0 aliphatic heterocycles. The molecule has 0 saturated carbocycles. The Kier molecular flexibility index (Phi) is 6.96. The van der Waals surface area contributed by atoms with Crippen molar-refractivity contribution in [3.63, 3.8) is 0 Å². The summed E-state index contributed by atoms with van der Waals surface area (Å²) in [5, 5.41) is -0.498. The number of amides is 2. The third-order valence-corrected chi connectivity index (χ3v) is 1.71. The second-order valence-corrected chi connectivity index (χ2v) is 3.04. The number of carbonyl (C=O) groups excluding carboxylic acids is 2. The van der Waals surface area contributed by atoms with E-state index in [4.69, 9.17) is 0 Å². The Morgan fingerprint density at radius 3 is 1.50 bits per heavy atom. The molecule has 0 saturated heterocycles. The monoisotopic (exact) mass is 210 g/mol. The highest BCUT2D eigenvalue weighted by Crippen LogP contribution is 1.90. The minimum absolute atomic E-state index is 0.249. The number of thioether (sulfide) groups is 2. The topological polar surface area (TPSA) is 82.3 Å². The molecule has 8 heteroatoms. The van der Waals surface area contributed by atoms with Crippen LogP contribution in [0.15, 0.2) is 0 Å². The van der Waals surface area contributed by atoms with E-state index in [0.29, 0.717) is 0 Å². The van der Waals surface area contributed by atoms with Crippen LogP contribution in [0.25, 0.3) is 0 Å². The van der Waals surface area contributed by atoms with Gasteiger partial charge in [-0.05, 0) is 12.5 Å². The van der Waals surface area contributed by atoms with Gasteiger partial charge in [0.15, 0.2) is 0 Å². The Labute approximate surface area is 78.5 Å². The summed E-state index contributed by atoms with van der Waals surface area (Å²) in [5.74, 6) is 0. The molecular weight excluding hydrogens is 200 g/mol. The van der Waals surface area contributed by atoms with E-state index in [1.54, 1.807) is 12.5 Å². The molecule has 0 aromatic rings. The molecule has 4 N–H and O–H groups in total. The third-order valence-electron chi connectivity index (χ3n) is 0.762. The lowest BCUT2D eigenvalue weighted by Gasteiger charge is -2.06. The number of carbonyl (C=O) groups is 2. The predicted octanol–water partition coefficient (Wildman–Crippen LogP) is 0.0558. The van der Waals surface area contributed by atoms with Crippen molar-refractivity contribution in [3.05, 3.63) is 0 Å². The highest BCUT2D eigenvalue weighted by Gasteiger charge is 1.96. The second kappa shape index (κ2) is 7.22. The van der Waals surface area contributed by atoms with Crippen molar-refractivity contribution in [2.75, 3.05) is 12.5 Å². The van der Waals surface area contributed by atoms with Gasteiger partial charge < -0.3 is 0 Å². The zero-order chi connectivity index (χ0) is 9.40.